The van der Waals surface area contributed by atoms with E-state index < -0.39 is 10.2 Å². The van der Waals surface area contributed by atoms with E-state index in [2.05, 4.69) is 20.1 Å². The fourth-order valence-corrected chi connectivity index (χ4v) is 5.04. The van der Waals surface area contributed by atoms with Crippen molar-refractivity contribution >= 4 is 38.6 Å². The number of nitrogens with two attached hydrogens (primary N) is 3. The molecule has 14 heteroatoms. The lowest BCUT2D eigenvalue weighted by Gasteiger charge is -2.28. The van der Waals surface area contributed by atoms with E-state index in [1.165, 1.54) is 20.2 Å². The molecular formula is C23H29FN10O2S. The van der Waals surface area contributed by atoms with Gasteiger partial charge in [0.2, 0.25) is 0 Å². The maximum atomic E-state index is 14.3. The number of halogens is 1. The smallest absolute Gasteiger partial charge is 0.303 e. The number of anilines is 3. The van der Waals surface area contributed by atoms with Crippen LogP contribution in [0.1, 0.15) is 18.4 Å². The van der Waals surface area contributed by atoms with Crippen molar-refractivity contribution in [3.63, 3.8) is 0 Å². The molecule has 196 valence electrons. The van der Waals surface area contributed by atoms with Gasteiger partial charge >= 0.3 is 10.2 Å². The minimum atomic E-state index is -3.94. The number of fused-ring (bicyclic) bond motifs is 1. The van der Waals surface area contributed by atoms with Crippen molar-refractivity contribution in [1.29, 1.82) is 0 Å². The summed E-state index contributed by atoms with van der Waals surface area (Å²) in [5, 5.41) is 5.19. The summed E-state index contributed by atoms with van der Waals surface area (Å²) in [4.78, 5) is 13.1. The summed E-state index contributed by atoms with van der Waals surface area (Å²) in [6.07, 6.45) is 2.70. The molecule has 6 N–H and O–H groups in total. The summed E-state index contributed by atoms with van der Waals surface area (Å²) in [5.41, 5.74) is 19.4. The highest BCUT2D eigenvalue weighted by Crippen LogP contribution is 2.34. The van der Waals surface area contributed by atoms with Crippen LogP contribution in [0.4, 0.5) is 21.7 Å². The first kappa shape index (κ1) is 26.2. The molecule has 0 saturated carbocycles. The zero-order valence-corrected chi connectivity index (χ0v) is 21.4. The molecule has 0 amide bonds. The van der Waals surface area contributed by atoms with Crippen LogP contribution in [0.3, 0.4) is 0 Å². The van der Waals surface area contributed by atoms with Gasteiger partial charge in [-0.15, -0.1) is 0 Å². The van der Waals surface area contributed by atoms with E-state index in [4.69, 9.17) is 17.2 Å². The Kier molecular flexibility index (Phi) is 7.52. The number of unbranched alkanes of at least 4 members (excludes halogenated alkanes) is 1. The van der Waals surface area contributed by atoms with Crippen LogP contribution in [0, 0.1) is 5.82 Å². The molecule has 12 nitrogen and oxygen atoms in total. The molecule has 0 fully saturated rings. The van der Waals surface area contributed by atoms with E-state index in [1.54, 1.807) is 41.2 Å². The van der Waals surface area contributed by atoms with Gasteiger partial charge in [-0.1, -0.05) is 18.2 Å². The lowest BCUT2D eigenvalue weighted by atomic mass is 10.2. The van der Waals surface area contributed by atoms with Gasteiger partial charge in [0.05, 0.1) is 11.9 Å². The number of benzene rings is 1. The molecule has 0 radical (unpaired) electrons. The molecule has 0 bridgehead atoms. The minimum Gasteiger partial charge on any atom is -0.382 e. The number of rotatable bonds is 10. The van der Waals surface area contributed by atoms with Gasteiger partial charge in [-0.25, -0.2) is 24.0 Å². The highest BCUT2D eigenvalue weighted by Gasteiger charge is 2.30. The largest absolute Gasteiger partial charge is 0.382 e. The van der Waals surface area contributed by atoms with Crippen LogP contribution in [0.25, 0.3) is 22.6 Å². The Morgan fingerprint density at radius 3 is 2.38 bits per heavy atom. The topological polar surface area (TPSA) is 175 Å². The Morgan fingerprint density at radius 2 is 1.73 bits per heavy atom. The summed E-state index contributed by atoms with van der Waals surface area (Å²) in [6, 6.07) is 9.90. The number of pyridine rings is 1. The van der Waals surface area contributed by atoms with Crippen molar-refractivity contribution < 1.29 is 12.8 Å². The molecule has 0 atom stereocenters. The molecule has 0 aliphatic rings. The number of aromatic nitrogens is 5. The van der Waals surface area contributed by atoms with Crippen LogP contribution >= 0.6 is 0 Å². The molecule has 3 heterocycles. The van der Waals surface area contributed by atoms with E-state index in [0.29, 0.717) is 41.7 Å². The van der Waals surface area contributed by atoms with Gasteiger partial charge in [0.15, 0.2) is 23.1 Å². The molecular weight excluding hydrogens is 499 g/mol. The third kappa shape index (κ3) is 5.16. The molecule has 0 spiro atoms. The van der Waals surface area contributed by atoms with Crippen LogP contribution in [0.2, 0.25) is 0 Å². The molecule has 0 unspecified atom stereocenters. The van der Waals surface area contributed by atoms with E-state index in [9.17, 15) is 12.8 Å². The summed E-state index contributed by atoms with van der Waals surface area (Å²) in [5.74, 6) is -0.523. The number of nitrogens with zero attached hydrogens (tertiary/aromatic N) is 7. The summed E-state index contributed by atoms with van der Waals surface area (Å²) < 4.78 is 44.1. The SMILES string of the molecule is CN(C)S(=O)(=O)N(CCCCN)c1c(N)nc(-c2nn(Cc3ccccc3F)c3ncccc23)nc1N. The van der Waals surface area contributed by atoms with Gasteiger partial charge < -0.3 is 17.2 Å². The van der Waals surface area contributed by atoms with Crippen LogP contribution in [0.15, 0.2) is 42.6 Å². The Morgan fingerprint density at radius 1 is 1.03 bits per heavy atom. The zero-order chi connectivity index (χ0) is 26.7. The van der Waals surface area contributed by atoms with Crippen molar-refractivity contribution in [1.82, 2.24) is 29.0 Å². The van der Waals surface area contributed by atoms with Crippen LogP contribution in [0.5, 0.6) is 0 Å². The first-order chi connectivity index (χ1) is 17.6. The Labute approximate surface area is 214 Å². The van der Waals surface area contributed by atoms with Gasteiger partial charge in [-0.2, -0.15) is 17.8 Å². The number of hydrogen-bond donors (Lipinski definition) is 3. The summed E-state index contributed by atoms with van der Waals surface area (Å²) in [7, 11) is -1.12. The quantitative estimate of drug-likeness (QED) is 0.258. The normalized spacial score (nSPS) is 11.9. The van der Waals surface area contributed by atoms with E-state index in [-0.39, 0.29) is 42.1 Å². The molecule has 37 heavy (non-hydrogen) atoms. The second-order valence-corrected chi connectivity index (χ2v) is 10.6. The lowest BCUT2D eigenvalue weighted by Crippen LogP contribution is -2.41. The van der Waals surface area contributed by atoms with Gasteiger partial charge in [-0.05, 0) is 37.6 Å². The third-order valence-electron chi connectivity index (χ3n) is 5.74. The van der Waals surface area contributed by atoms with Crippen molar-refractivity contribution in [3.8, 4) is 11.5 Å². The maximum absolute atomic E-state index is 14.3. The zero-order valence-electron chi connectivity index (χ0n) is 20.5. The van der Waals surface area contributed by atoms with Crippen molar-refractivity contribution in [2.45, 2.75) is 19.4 Å². The molecule has 3 aromatic heterocycles. The average Bonchev–Trinajstić information content (AvgIpc) is 3.22. The molecule has 0 aliphatic heterocycles. The molecule has 0 saturated heterocycles. The Balaban J connectivity index is 1.80. The Hall–Kier alpha value is -3.88. The monoisotopic (exact) mass is 528 g/mol. The second kappa shape index (κ2) is 10.6. The van der Waals surface area contributed by atoms with E-state index in [0.717, 1.165) is 8.61 Å². The van der Waals surface area contributed by atoms with Crippen molar-refractivity contribution in [2.24, 2.45) is 5.73 Å². The number of hydrogen-bond acceptors (Lipinski definition) is 9. The van der Waals surface area contributed by atoms with Crippen LogP contribution in [-0.4, -0.2) is 64.6 Å². The molecule has 4 aromatic rings. The standard InChI is InChI=1S/C23H29FN10O2S/c1-32(2)37(35,36)34(13-6-5-11-25)19-20(26)29-22(30-21(19)27)18-16-9-7-12-28-23(16)33(31-18)14-15-8-3-4-10-17(15)24/h3-4,7-10,12H,5-6,11,13-14,25H2,1-2H3,(H4,26,27,29,30). The first-order valence-corrected chi connectivity index (χ1v) is 12.9. The van der Waals surface area contributed by atoms with Gasteiger partial charge in [0.25, 0.3) is 0 Å². The van der Waals surface area contributed by atoms with E-state index >= 15 is 0 Å². The average molecular weight is 529 g/mol. The lowest BCUT2D eigenvalue weighted by molar-refractivity contribution is 0.514. The van der Waals surface area contributed by atoms with Crippen LogP contribution < -0.4 is 21.5 Å². The predicted molar refractivity (Wildman–Crippen MR) is 141 cm³/mol. The van der Waals surface area contributed by atoms with Gasteiger partial charge in [0.1, 0.15) is 17.2 Å². The van der Waals surface area contributed by atoms with Crippen molar-refractivity contribution in [2.75, 3.05) is 43.0 Å². The first-order valence-electron chi connectivity index (χ1n) is 11.5. The summed E-state index contributed by atoms with van der Waals surface area (Å²) >= 11 is 0. The Bertz CT molecular complexity index is 1500. The van der Waals surface area contributed by atoms with Gasteiger partial charge in [-0.3, -0.25) is 4.31 Å². The second-order valence-electron chi connectivity index (χ2n) is 8.50. The molecule has 0 aliphatic carbocycles. The molecule has 1 aromatic carbocycles. The van der Waals surface area contributed by atoms with E-state index in [1.807, 2.05) is 0 Å². The fraction of sp³-hybridized carbons (Fsp3) is 0.304. The maximum Gasteiger partial charge on any atom is 0.303 e. The van der Waals surface area contributed by atoms with Crippen molar-refractivity contribution in [3.05, 3.63) is 54.0 Å². The van der Waals surface area contributed by atoms with Gasteiger partial charge in [0, 0.05) is 32.4 Å². The third-order valence-corrected chi connectivity index (χ3v) is 7.58. The fourth-order valence-electron chi connectivity index (χ4n) is 3.86. The summed E-state index contributed by atoms with van der Waals surface area (Å²) in [6.45, 7) is 0.630. The number of nitrogen functional groups attached to an aromatic ring is 2. The molecule has 4 rings (SSSR count). The minimum absolute atomic E-state index is 0.0114. The van der Waals surface area contributed by atoms with Crippen LogP contribution in [-0.2, 0) is 16.8 Å². The predicted octanol–water partition coefficient (Wildman–Crippen LogP) is 1.59. The highest BCUT2D eigenvalue weighted by atomic mass is 32.2. The highest BCUT2D eigenvalue weighted by molar-refractivity contribution is 7.90.